The predicted molar refractivity (Wildman–Crippen MR) is 88.7 cm³/mol. The van der Waals surface area contributed by atoms with Crippen molar-refractivity contribution in [2.45, 2.75) is 18.8 Å². The number of pyridine rings is 1. The molecule has 0 saturated carbocycles. The highest BCUT2D eigenvalue weighted by molar-refractivity contribution is 5.71. The predicted octanol–water partition coefficient (Wildman–Crippen LogP) is 3.38. The summed E-state index contributed by atoms with van der Waals surface area (Å²) in [5, 5.41) is 3.56. The van der Waals surface area contributed by atoms with E-state index >= 15 is 0 Å². The van der Waals surface area contributed by atoms with Gasteiger partial charge in [-0.2, -0.15) is 0 Å². The molecule has 2 aromatic rings. The van der Waals surface area contributed by atoms with Crippen LogP contribution in [0.25, 0.3) is 11.1 Å². The van der Waals surface area contributed by atoms with Crippen LogP contribution in [0, 0.1) is 0 Å². The van der Waals surface area contributed by atoms with Gasteiger partial charge in [0.25, 0.3) is 0 Å². The smallest absolute Gasteiger partial charge is 0.0379 e. The van der Waals surface area contributed by atoms with Crippen LogP contribution < -0.4 is 5.32 Å². The molecule has 1 aliphatic rings. The summed E-state index contributed by atoms with van der Waals surface area (Å²) in [6.45, 7) is 4.50. The molecule has 0 radical (unpaired) electrons. The van der Waals surface area contributed by atoms with Crippen molar-refractivity contribution in [3.8, 4) is 11.1 Å². The average molecular weight is 281 g/mol. The molecule has 0 bridgehead atoms. The van der Waals surface area contributed by atoms with Crippen LogP contribution in [0.5, 0.6) is 0 Å². The molecular weight excluding hydrogens is 258 g/mol. The van der Waals surface area contributed by atoms with Crippen molar-refractivity contribution in [2.24, 2.45) is 0 Å². The molecule has 3 nitrogen and oxygen atoms in total. The van der Waals surface area contributed by atoms with Gasteiger partial charge in [-0.25, -0.2) is 0 Å². The van der Waals surface area contributed by atoms with Gasteiger partial charge in [0.15, 0.2) is 0 Å². The van der Waals surface area contributed by atoms with E-state index in [9.17, 15) is 0 Å². The summed E-state index contributed by atoms with van der Waals surface area (Å²) in [4.78, 5) is 6.36. The van der Waals surface area contributed by atoms with E-state index in [4.69, 9.17) is 0 Å². The highest BCUT2D eigenvalue weighted by Crippen LogP contribution is 2.41. The zero-order valence-electron chi connectivity index (χ0n) is 13.1. The Kier molecular flexibility index (Phi) is 3.68. The van der Waals surface area contributed by atoms with Crippen LogP contribution in [0.1, 0.15) is 18.9 Å². The summed E-state index contributed by atoms with van der Waals surface area (Å²) < 4.78 is 0. The summed E-state index contributed by atoms with van der Waals surface area (Å²) >= 11 is 0. The van der Waals surface area contributed by atoms with Crippen LogP contribution in [0.3, 0.4) is 0 Å². The SMILES string of the molecule is CN(C)CCC1(C)CNc2ccc(-c3ccncc3)cc21. The van der Waals surface area contributed by atoms with E-state index in [2.05, 4.69) is 66.6 Å². The van der Waals surface area contributed by atoms with Crippen molar-refractivity contribution in [3.63, 3.8) is 0 Å². The highest BCUT2D eigenvalue weighted by Gasteiger charge is 2.34. The molecule has 0 spiro atoms. The lowest BCUT2D eigenvalue weighted by Gasteiger charge is -2.26. The summed E-state index contributed by atoms with van der Waals surface area (Å²) in [5.74, 6) is 0. The van der Waals surface area contributed by atoms with E-state index in [1.54, 1.807) is 0 Å². The minimum absolute atomic E-state index is 0.211. The number of rotatable bonds is 4. The lowest BCUT2D eigenvalue weighted by molar-refractivity contribution is 0.343. The summed E-state index contributed by atoms with van der Waals surface area (Å²) in [6.07, 6.45) is 4.87. The van der Waals surface area contributed by atoms with Gasteiger partial charge in [-0.15, -0.1) is 0 Å². The number of benzene rings is 1. The van der Waals surface area contributed by atoms with Gasteiger partial charge in [0, 0.05) is 30.0 Å². The second-order valence-corrected chi connectivity index (χ2v) is 6.46. The summed E-state index contributed by atoms with van der Waals surface area (Å²) in [5.41, 5.74) is 5.45. The minimum Gasteiger partial charge on any atom is -0.384 e. The van der Waals surface area contributed by atoms with Crippen LogP contribution in [0.4, 0.5) is 5.69 Å². The molecule has 1 aromatic carbocycles. The third kappa shape index (κ3) is 2.79. The molecule has 1 unspecified atom stereocenters. The van der Waals surface area contributed by atoms with Crippen LogP contribution in [0.15, 0.2) is 42.7 Å². The number of fused-ring (bicyclic) bond motifs is 1. The number of anilines is 1. The van der Waals surface area contributed by atoms with E-state index in [-0.39, 0.29) is 5.41 Å². The van der Waals surface area contributed by atoms with Gasteiger partial charge >= 0.3 is 0 Å². The minimum atomic E-state index is 0.211. The molecule has 110 valence electrons. The fourth-order valence-electron chi connectivity index (χ4n) is 3.00. The quantitative estimate of drug-likeness (QED) is 0.931. The van der Waals surface area contributed by atoms with Crippen LogP contribution in [0.2, 0.25) is 0 Å². The van der Waals surface area contributed by atoms with Crippen molar-refractivity contribution in [3.05, 3.63) is 48.3 Å². The van der Waals surface area contributed by atoms with Crippen molar-refractivity contribution >= 4 is 5.69 Å². The number of aromatic nitrogens is 1. The molecule has 3 rings (SSSR count). The Morgan fingerprint density at radius 1 is 1.14 bits per heavy atom. The van der Waals surface area contributed by atoms with Gasteiger partial charge in [-0.1, -0.05) is 13.0 Å². The monoisotopic (exact) mass is 281 g/mol. The van der Waals surface area contributed by atoms with Crippen molar-refractivity contribution < 1.29 is 0 Å². The average Bonchev–Trinajstić information content (AvgIpc) is 2.84. The van der Waals surface area contributed by atoms with E-state index in [0.29, 0.717) is 0 Å². The first-order chi connectivity index (χ1) is 10.1. The molecule has 0 fully saturated rings. The molecule has 2 heterocycles. The van der Waals surface area contributed by atoms with Crippen LogP contribution >= 0.6 is 0 Å². The first-order valence-electron chi connectivity index (χ1n) is 7.52. The second-order valence-electron chi connectivity index (χ2n) is 6.46. The van der Waals surface area contributed by atoms with Gasteiger partial charge < -0.3 is 10.2 Å². The van der Waals surface area contributed by atoms with Crippen molar-refractivity contribution in [1.82, 2.24) is 9.88 Å². The lowest BCUT2D eigenvalue weighted by atomic mass is 9.80. The number of hydrogen-bond acceptors (Lipinski definition) is 3. The van der Waals surface area contributed by atoms with E-state index in [1.165, 1.54) is 28.8 Å². The molecule has 1 N–H and O–H groups in total. The van der Waals surface area contributed by atoms with Crippen molar-refractivity contribution in [2.75, 3.05) is 32.5 Å². The molecule has 0 aliphatic carbocycles. The summed E-state index contributed by atoms with van der Waals surface area (Å²) in [7, 11) is 4.28. The Balaban J connectivity index is 1.94. The normalized spacial score (nSPS) is 20.4. The maximum atomic E-state index is 4.10. The van der Waals surface area contributed by atoms with Gasteiger partial charge in [0.05, 0.1) is 0 Å². The molecule has 3 heteroatoms. The van der Waals surface area contributed by atoms with Gasteiger partial charge in [0.1, 0.15) is 0 Å². The van der Waals surface area contributed by atoms with Crippen molar-refractivity contribution in [1.29, 1.82) is 0 Å². The van der Waals surface area contributed by atoms with Gasteiger partial charge in [-0.3, -0.25) is 4.98 Å². The molecule has 0 amide bonds. The van der Waals surface area contributed by atoms with E-state index < -0.39 is 0 Å². The van der Waals surface area contributed by atoms with Gasteiger partial charge in [-0.05, 0) is 68.0 Å². The largest absolute Gasteiger partial charge is 0.384 e. The standard InChI is InChI=1S/C18H23N3/c1-18(8-11-21(2)3)13-20-17-5-4-15(12-16(17)18)14-6-9-19-10-7-14/h4-7,9-10,12,20H,8,11,13H2,1-3H3. The zero-order valence-corrected chi connectivity index (χ0v) is 13.1. The Morgan fingerprint density at radius 3 is 2.62 bits per heavy atom. The maximum absolute atomic E-state index is 4.10. The third-order valence-electron chi connectivity index (χ3n) is 4.46. The van der Waals surface area contributed by atoms with Crippen LogP contribution in [-0.2, 0) is 5.41 Å². The zero-order chi connectivity index (χ0) is 14.9. The Hall–Kier alpha value is -1.87. The fourth-order valence-corrected chi connectivity index (χ4v) is 3.00. The van der Waals surface area contributed by atoms with Gasteiger partial charge in [0.2, 0.25) is 0 Å². The second kappa shape index (κ2) is 5.49. The molecule has 21 heavy (non-hydrogen) atoms. The lowest BCUT2D eigenvalue weighted by Crippen LogP contribution is -2.29. The molecule has 1 aromatic heterocycles. The Morgan fingerprint density at radius 2 is 1.90 bits per heavy atom. The summed E-state index contributed by atoms with van der Waals surface area (Å²) in [6, 6.07) is 10.9. The van der Waals surface area contributed by atoms with E-state index in [0.717, 1.165) is 13.1 Å². The number of hydrogen-bond donors (Lipinski definition) is 1. The number of nitrogens with zero attached hydrogens (tertiary/aromatic N) is 2. The first-order valence-corrected chi connectivity index (χ1v) is 7.52. The Bertz CT molecular complexity index is 622. The molecule has 1 atom stereocenters. The van der Waals surface area contributed by atoms with E-state index in [1.807, 2.05) is 12.4 Å². The Labute approximate surface area is 127 Å². The highest BCUT2D eigenvalue weighted by atomic mass is 15.1. The third-order valence-corrected chi connectivity index (χ3v) is 4.46. The fraction of sp³-hybridized carbons (Fsp3) is 0.389. The maximum Gasteiger partial charge on any atom is 0.0379 e. The molecule has 1 aliphatic heterocycles. The first kappa shape index (κ1) is 14.1. The van der Waals surface area contributed by atoms with Crippen LogP contribution in [-0.4, -0.2) is 37.1 Å². The topological polar surface area (TPSA) is 28.2 Å². The number of nitrogens with one attached hydrogen (secondary N) is 1. The molecular formula is C18H23N3. The molecule has 0 saturated heterocycles.